The third kappa shape index (κ3) is 4.61. The lowest BCUT2D eigenvalue weighted by atomic mass is 9.82. The smallest absolute Gasteiger partial charge is 0.0415 e. The second-order valence-corrected chi connectivity index (χ2v) is 10.7. The fourth-order valence-corrected chi connectivity index (χ4v) is 5.97. The highest BCUT2D eigenvalue weighted by molar-refractivity contribution is 9.09. The van der Waals surface area contributed by atoms with E-state index in [0.29, 0.717) is 4.83 Å². The van der Waals surface area contributed by atoms with Gasteiger partial charge in [0.2, 0.25) is 0 Å². The molecule has 1 unspecified atom stereocenters. The molecule has 0 aliphatic heterocycles. The zero-order valence-electron chi connectivity index (χ0n) is 19.6. The summed E-state index contributed by atoms with van der Waals surface area (Å²) in [5.41, 5.74) is 13.5. The Morgan fingerprint density at radius 1 is 1.00 bits per heavy atom. The maximum absolute atomic E-state index is 6.61. The Morgan fingerprint density at radius 2 is 1.78 bits per heavy atom. The van der Waals surface area contributed by atoms with Crippen LogP contribution in [0.4, 0.5) is 0 Å². The zero-order valence-corrected chi connectivity index (χ0v) is 21.9. The van der Waals surface area contributed by atoms with Crippen molar-refractivity contribution in [3.63, 3.8) is 0 Å². The van der Waals surface area contributed by atoms with Gasteiger partial charge in [-0.15, -0.1) is 0 Å². The predicted octanol–water partition coefficient (Wildman–Crippen LogP) is 10.0. The summed E-state index contributed by atoms with van der Waals surface area (Å²) in [6.07, 6.45) is 14.9. The fraction of sp³-hybridized carbons (Fsp3) is 0.333. The van der Waals surface area contributed by atoms with Gasteiger partial charge in [0.15, 0.2) is 0 Å². The van der Waals surface area contributed by atoms with Gasteiger partial charge in [-0.3, -0.25) is 0 Å². The lowest BCUT2D eigenvalue weighted by Gasteiger charge is -2.24. The molecule has 0 heterocycles. The van der Waals surface area contributed by atoms with Crippen LogP contribution in [-0.4, -0.2) is 4.83 Å². The van der Waals surface area contributed by atoms with Gasteiger partial charge in [-0.2, -0.15) is 0 Å². The number of aryl methyl sites for hydroxylation is 1. The molecular formula is C30H32BrCl. The topological polar surface area (TPSA) is 0 Å². The van der Waals surface area contributed by atoms with Gasteiger partial charge >= 0.3 is 0 Å². The highest BCUT2D eigenvalue weighted by Crippen LogP contribution is 2.42. The molecule has 0 nitrogen and oxygen atoms in total. The van der Waals surface area contributed by atoms with Crippen molar-refractivity contribution >= 4 is 38.7 Å². The molecule has 2 aliphatic rings. The van der Waals surface area contributed by atoms with Crippen LogP contribution in [0.1, 0.15) is 68.2 Å². The number of allylic oxidation sites excluding steroid dienone is 8. The SMILES string of the molecule is CCCC1=C(c2cccc(-c3cc(Cl)cc(C)c3C3=C(C)CCC=C3)c2C)C=CC(Br)C1. The van der Waals surface area contributed by atoms with Crippen molar-refractivity contribution in [2.45, 2.75) is 64.6 Å². The largest absolute Gasteiger partial charge is 0.0843 e. The molecule has 0 N–H and O–H groups in total. The van der Waals surface area contributed by atoms with Crippen molar-refractivity contribution in [2.75, 3.05) is 0 Å². The minimum Gasteiger partial charge on any atom is -0.0843 e. The van der Waals surface area contributed by atoms with Crippen LogP contribution in [0.5, 0.6) is 0 Å². The Bertz CT molecular complexity index is 1160. The lowest BCUT2D eigenvalue weighted by Crippen LogP contribution is -2.06. The molecule has 0 saturated carbocycles. The number of benzene rings is 2. The summed E-state index contributed by atoms with van der Waals surface area (Å²) in [4.78, 5) is 0.437. The first-order valence-electron chi connectivity index (χ1n) is 11.7. The molecule has 4 rings (SSSR count). The zero-order chi connectivity index (χ0) is 22.8. The van der Waals surface area contributed by atoms with Gasteiger partial charge < -0.3 is 0 Å². The number of alkyl halides is 1. The normalized spacial score (nSPS) is 18.6. The standard InChI is InChI=1S/C30H32BrCl/c1-5-9-22-17-23(31)14-15-28(22)26-12-8-13-27(21(26)4)29-18-24(32)16-20(3)30(29)25-11-7-6-10-19(25)2/h7-8,11-16,18,23H,5-6,9-10,17H2,1-4H3. The van der Waals surface area contributed by atoms with Crippen LogP contribution in [0.2, 0.25) is 5.02 Å². The van der Waals surface area contributed by atoms with E-state index in [2.05, 4.69) is 98.3 Å². The summed E-state index contributed by atoms with van der Waals surface area (Å²) in [7, 11) is 0. The summed E-state index contributed by atoms with van der Waals surface area (Å²) >= 11 is 10.4. The van der Waals surface area contributed by atoms with E-state index in [4.69, 9.17) is 11.6 Å². The van der Waals surface area contributed by atoms with Crippen molar-refractivity contribution in [2.24, 2.45) is 0 Å². The number of hydrogen-bond donors (Lipinski definition) is 0. The van der Waals surface area contributed by atoms with E-state index < -0.39 is 0 Å². The van der Waals surface area contributed by atoms with E-state index in [-0.39, 0.29) is 0 Å². The summed E-state index contributed by atoms with van der Waals surface area (Å²) in [5.74, 6) is 0. The first-order valence-corrected chi connectivity index (χ1v) is 13.0. The maximum Gasteiger partial charge on any atom is 0.0415 e. The molecule has 0 bridgehead atoms. The molecule has 2 aromatic carbocycles. The second-order valence-electron chi connectivity index (χ2n) is 9.10. The Kier molecular flexibility index (Phi) is 7.27. The number of rotatable bonds is 5. The molecule has 0 spiro atoms. The van der Waals surface area contributed by atoms with Gasteiger partial charge in [-0.05, 0) is 103 Å². The molecule has 1 atom stereocenters. The van der Waals surface area contributed by atoms with E-state index in [1.807, 2.05) is 0 Å². The van der Waals surface area contributed by atoms with Crippen molar-refractivity contribution in [3.05, 3.63) is 93.1 Å². The minimum atomic E-state index is 0.437. The maximum atomic E-state index is 6.61. The van der Waals surface area contributed by atoms with E-state index in [9.17, 15) is 0 Å². The van der Waals surface area contributed by atoms with Crippen molar-refractivity contribution in [3.8, 4) is 11.1 Å². The Labute approximate surface area is 206 Å². The second kappa shape index (κ2) is 9.98. The summed E-state index contributed by atoms with van der Waals surface area (Å²) < 4.78 is 0. The average molecular weight is 508 g/mol. The third-order valence-electron chi connectivity index (χ3n) is 6.76. The highest BCUT2D eigenvalue weighted by atomic mass is 79.9. The third-order valence-corrected chi connectivity index (χ3v) is 7.61. The molecule has 0 radical (unpaired) electrons. The molecule has 166 valence electrons. The molecular weight excluding hydrogens is 476 g/mol. The van der Waals surface area contributed by atoms with Crippen molar-refractivity contribution in [1.82, 2.24) is 0 Å². The quantitative estimate of drug-likeness (QED) is 0.353. The Balaban J connectivity index is 1.93. The molecule has 0 saturated heterocycles. The molecule has 0 amide bonds. The van der Waals surface area contributed by atoms with Crippen LogP contribution in [0.3, 0.4) is 0 Å². The van der Waals surface area contributed by atoms with Crippen LogP contribution < -0.4 is 0 Å². The van der Waals surface area contributed by atoms with Gasteiger partial charge in [-0.1, -0.05) is 94.5 Å². The lowest BCUT2D eigenvalue weighted by molar-refractivity contribution is 0.836. The van der Waals surface area contributed by atoms with Gasteiger partial charge in [0.25, 0.3) is 0 Å². The van der Waals surface area contributed by atoms with Crippen LogP contribution >= 0.6 is 27.5 Å². The van der Waals surface area contributed by atoms with Gasteiger partial charge in [-0.25, -0.2) is 0 Å². The summed E-state index contributed by atoms with van der Waals surface area (Å²) in [6, 6.07) is 11.0. The molecule has 0 aromatic heterocycles. The fourth-order valence-electron chi connectivity index (χ4n) is 5.16. The van der Waals surface area contributed by atoms with Crippen LogP contribution in [-0.2, 0) is 0 Å². The van der Waals surface area contributed by atoms with E-state index in [1.165, 1.54) is 56.5 Å². The van der Waals surface area contributed by atoms with Crippen LogP contribution in [0.25, 0.3) is 22.3 Å². The predicted molar refractivity (Wildman–Crippen MR) is 146 cm³/mol. The van der Waals surface area contributed by atoms with Crippen molar-refractivity contribution < 1.29 is 0 Å². The van der Waals surface area contributed by atoms with Gasteiger partial charge in [0.1, 0.15) is 0 Å². The first-order chi connectivity index (χ1) is 15.4. The molecule has 0 fully saturated rings. The van der Waals surface area contributed by atoms with Crippen molar-refractivity contribution in [1.29, 1.82) is 0 Å². The van der Waals surface area contributed by atoms with E-state index >= 15 is 0 Å². The van der Waals surface area contributed by atoms with E-state index in [0.717, 1.165) is 30.7 Å². The van der Waals surface area contributed by atoms with Crippen LogP contribution in [0, 0.1) is 13.8 Å². The minimum absolute atomic E-state index is 0.437. The Morgan fingerprint density at radius 3 is 2.53 bits per heavy atom. The van der Waals surface area contributed by atoms with Crippen LogP contribution in [0.15, 0.2) is 65.8 Å². The Hall–Kier alpha value is -1.83. The molecule has 32 heavy (non-hydrogen) atoms. The molecule has 2 aliphatic carbocycles. The summed E-state index contributed by atoms with van der Waals surface area (Å²) in [6.45, 7) is 9.00. The summed E-state index contributed by atoms with van der Waals surface area (Å²) in [5, 5.41) is 0.801. The van der Waals surface area contributed by atoms with Gasteiger partial charge in [0.05, 0.1) is 0 Å². The number of halogens is 2. The number of hydrogen-bond acceptors (Lipinski definition) is 0. The highest BCUT2D eigenvalue weighted by Gasteiger charge is 2.21. The molecule has 2 heteroatoms. The van der Waals surface area contributed by atoms with E-state index in [1.54, 1.807) is 5.57 Å². The van der Waals surface area contributed by atoms with Gasteiger partial charge in [0, 0.05) is 9.85 Å². The first kappa shape index (κ1) is 23.3. The molecule has 2 aromatic rings. The monoisotopic (exact) mass is 506 g/mol. The average Bonchev–Trinajstić information content (AvgIpc) is 2.75.